The minimum atomic E-state index is -0.192. The van der Waals surface area contributed by atoms with Gasteiger partial charge in [-0.3, -0.25) is 4.79 Å². The van der Waals surface area contributed by atoms with Crippen molar-refractivity contribution in [3.8, 4) is 0 Å². The third-order valence-corrected chi connectivity index (χ3v) is 2.54. The van der Waals surface area contributed by atoms with Crippen LogP contribution in [-0.4, -0.2) is 35.4 Å². The molecule has 2 heterocycles. The van der Waals surface area contributed by atoms with Crippen LogP contribution in [-0.2, 0) is 4.74 Å². The maximum absolute atomic E-state index is 11.6. The number of nitrogens with one attached hydrogen (secondary N) is 1. The number of rotatable bonds is 3. The zero-order valence-corrected chi connectivity index (χ0v) is 9.27. The summed E-state index contributed by atoms with van der Waals surface area (Å²) in [4.78, 5) is 11.6. The fourth-order valence-corrected chi connectivity index (χ4v) is 1.62. The van der Waals surface area contributed by atoms with Gasteiger partial charge in [0.25, 0.3) is 5.91 Å². The Balaban J connectivity index is 1.85. The Bertz CT molecular complexity index is 358. The topological polar surface area (TPSA) is 64.1 Å². The number of ether oxygens (including phenoxy) is 1. The normalized spacial score (nSPS) is 19.7. The van der Waals surface area contributed by atoms with Crippen LogP contribution in [0.4, 0.5) is 0 Å². The first kappa shape index (κ1) is 11.0. The number of nitrogens with zero attached hydrogens (tertiary/aromatic N) is 2. The van der Waals surface area contributed by atoms with Crippen molar-refractivity contribution >= 4 is 5.91 Å². The summed E-state index contributed by atoms with van der Waals surface area (Å²) < 4.78 is 5.41. The third kappa shape index (κ3) is 2.76. The summed E-state index contributed by atoms with van der Waals surface area (Å²) in [6, 6.07) is 3.45. The fourth-order valence-electron chi connectivity index (χ4n) is 1.62. The highest BCUT2D eigenvalue weighted by molar-refractivity contribution is 5.92. The first-order chi connectivity index (χ1) is 7.75. The molecule has 1 aliphatic heterocycles. The van der Waals surface area contributed by atoms with Crippen LogP contribution in [0.1, 0.15) is 29.0 Å². The molecule has 5 nitrogen and oxygen atoms in total. The van der Waals surface area contributed by atoms with Gasteiger partial charge in [0.05, 0.1) is 11.8 Å². The van der Waals surface area contributed by atoms with E-state index < -0.39 is 0 Å². The molecule has 0 aromatic carbocycles. The van der Waals surface area contributed by atoms with E-state index in [-0.39, 0.29) is 12.0 Å². The van der Waals surface area contributed by atoms with Crippen molar-refractivity contribution in [2.45, 2.75) is 25.9 Å². The van der Waals surface area contributed by atoms with Gasteiger partial charge < -0.3 is 10.1 Å². The monoisotopic (exact) mass is 221 g/mol. The summed E-state index contributed by atoms with van der Waals surface area (Å²) in [7, 11) is 0. The summed E-state index contributed by atoms with van der Waals surface area (Å²) in [5.74, 6) is -0.192. The predicted molar refractivity (Wildman–Crippen MR) is 58.1 cm³/mol. The average Bonchev–Trinajstić information content (AvgIpc) is 2.80. The lowest BCUT2D eigenvalue weighted by Gasteiger charge is -2.09. The van der Waals surface area contributed by atoms with E-state index in [4.69, 9.17) is 4.74 Å². The zero-order chi connectivity index (χ0) is 11.4. The van der Waals surface area contributed by atoms with Crippen LogP contribution < -0.4 is 5.32 Å². The van der Waals surface area contributed by atoms with Crippen LogP contribution in [0.15, 0.2) is 12.1 Å². The fraction of sp³-hybridized carbons (Fsp3) is 0.545. The van der Waals surface area contributed by atoms with E-state index >= 15 is 0 Å². The number of aryl methyl sites for hydroxylation is 1. The molecule has 1 atom stereocenters. The van der Waals surface area contributed by atoms with Crippen molar-refractivity contribution < 1.29 is 9.53 Å². The smallest absolute Gasteiger partial charge is 0.271 e. The Kier molecular flexibility index (Phi) is 3.46. The Morgan fingerprint density at radius 3 is 3.06 bits per heavy atom. The molecule has 1 aliphatic rings. The lowest BCUT2D eigenvalue weighted by molar-refractivity contribution is 0.0853. The molecule has 0 spiro atoms. The Hall–Kier alpha value is -1.49. The molecule has 1 aromatic rings. The van der Waals surface area contributed by atoms with Gasteiger partial charge in [0.1, 0.15) is 0 Å². The molecule has 2 rings (SSSR count). The summed E-state index contributed by atoms with van der Waals surface area (Å²) in [6.07, 6.45) is 2.24. The van der Waals surface area contributed by atoms with Crippen molar-refractivity contribution in [3.05, 3.63) is 23.5 Å². The highest BCUT2D eigenvalue weighted by atomic mass is 16.5. The number of hydrogen-bond donors (Lipinski definition) is 1. The third-order valence-electron chi connectivity index (χ3n) is 2.54. The number of aromatic nitrogens is 2. The van der Waals surface area contributed by atoms with Gasteiger partial charge in [0.15, 0.2) is 5.69 Å². The largest absolute Gasteiger partial charge is 0.376 e. The van der Waals surface area contributed by atoms with Gasteiger partial charge in [-0.15, -0.1) is 5.10 Å². The summed E-state index contributed by atoms with van der Waals surface area (Å²) in [5.41, 5.74) is 1.15. The molecule has 1 N–H and O–H groups in total. The second-order valence-electron chi connectivity index (χ2n) is 3.91. The zero-order valence-electron chi connectivity index (χ0n) is 9.27. The molecule has 0 bridgehead atoms. The quantitative estimate of drug-likeness (QED) is 0.815. The van der Waals surface area contributed by atoms with Crippen LogP contribution in [0, 0.1) is 6.92 Å². The molecule has 1 amide bonds. The van der Waals surface area contributed by atoms with Crippen molar-refractivity contribution in [2.75, 3.05) is 13.2 Å². The molecule has 1 unspecified atom stereocenters. The summed E-state index contributed by atoms with van der Waals surface area (Å²) in [5, 5.41) is 10.5. The molecule has 5 heteroatoms. The number of carbonyl (C=O) groups is 1. The summed E-state index contributed by atoms with van der Waals surface area (Å²) >= 11 is 0. The van der Waals surface area contributed by atoms with Gasteiger partial charge in [-0.2, -0.15) is 5.10 Å². The van der Waals surface area contributed by atoms with Crippen molar-refractivity contribution in [3.63, 3.8) is 0 Å². The molecule has 86 valence electrons. The first-order valence-corrected chi connectivity index (χ1v) is 5.46. The molecule has 1 saturated heterocycles. The van der Waals surface area contributed by atoms with Crippen LogP contribution >= 0.6 is 0 Å². The predicted octanol–water partition coefficient (Wildman–Crippen LogP) is 0.694. The van der Waals surface area contributed by atoms with Gasteiger partial charge in [0, 0.05) is 13.2 Å². The van der Waals surface area contributed by atoms with Gasteiger partial charge in [-0.25, -0.2) is 0 Å². The SMILES string of the molecule is Cc1ccc(C(=O)NCC2CCCO2)nn1. The molecule has 0 aliphatic carbocycles. The minimum absolute atomic E-state index is 0.155. The van der Waals surface area contributed by atoms with Crippen molar-refractivity contribution in [1.29, 1.82) is 0 Å². The van der Waals surface area contributed by atoms with Crippen molar-refractivity contribution in [2.24, 2.45) is 0 Å². The molecule has 1 fully saturated rings. The van der Waals surface area contributed by atoms with E-state index in [2.05, 4.69) is 15.5 Å². The van der Waals surface area contributed by atoms with Gasteiger partial charge in [0.2, 0.25) is 0 Å². The van der Waals surface area contributed by atoms with E-state index in [1.807, 2.05) is 6.92 Å². The molecule has 0 saturated carbocycles. The van der Waals surface area contributed by atoms with Gasteiger partial charge in [-0.1, -0.05) is 0 Å². The molecule has 0 radical (unpaired) electrons. The molecular weight excluding hydrogens is 206 g/mol. The Morgan fingerprint density at radius 1 is 1.56 bits per heavy atom. The van der Waals surface area contributed by atoms with Crippen LogP contribution in [0.5, 0.6) is 0 Å². The average molecular weight is 221 g/mol. The molecular formula is C11H15N3O2. The van der Waals surface area contributed by atoms with E-state index in [1.165, 1.54) is 0 Å². The van der Waals surface area contributed by atoms with E-state index in [0.29, 0.717) is 12.2 Å². The van der Waals surface area contributed by atoms with Crippen LogP contribution in [0.2, 0.25) is 0 Å². The summed E-state index contributed by atoms with van der Waals surface area (Å²) in [6.45, 7) is 3.18. The second-order valence-corrected chi connectivity index (χ2v) is 3.91. The first-order valence-electron chi connectivity index (χ1n) is 5.46. The highest BCUT2D eigenvalue weighted by Gasteiger charge is 2.17. The van der Waals surface area contributed by atoms with Crippen molar-refractivity contribution in [1.82, 2.24) is 15.5 Å². The lowest BCUT2D eigenvalue weighted by atomic mass is 10.2. The van der Waals surface area contributed by atoms with Gasteiger partial charge in [-0.05, 0) is 31.9 Å². The molecule has 16 heavy (non-hydrogen) atoms. The molecule has 1 aromatic heterocycles. The maximum atomic E-state index is 11.6. The second kappa shape index (κ2) is 5.03. The Labute approximate surface area is 94.2 Å². The van der Waals surface area contributed by atoms with Crippen LogP contribution in [0.3, 0.4) is 0 Å². The highest BCUT2D eigenvalue weighted by Crippen LogP contribution is 2.10. The van der Waals surface area contributed by atoms with Gasteiger partial charge >= 0.3 is 0 Å². The number of hydrogen-bond acceptors (Lipinski definition) is 4. The maximum Gasteiger partial charge on any atom is 0.271 e. The number of amides is 1. The van der Waals surface area contributed by atoms with E-state index in [1.54, 1.807) is 12.1 Å². The lowest BCUT2D eigenvalue weighted by Crippen LogP contribution is -2.32. The van der Waals surface area contributed by atoms with E-state index in [9.17, 15) is 4.79 Å². The van der Waals surface area contributed by atoms with Crippen LogP contribution in [0.25, 0.3) is 0 Å². The Morgan fingerprint density at radius 2 is 2.44 bits per heavy atom. The number of carbonyl (C=O) groups excluding carboxylic acids is 1. The standard InChI is InChI=1S/C11H15N3O2/c1-8-4-5-10(14-13-8)11(15)12-7-9-3-2-6-16-9/h4-5,9H,2-3,6-7H2,1H3,(H,12,15). The van der Waals surface area contributed by atoms with E-state index in [0.717, 1.165) is 25.1 Å². The minimum Gasteiger partial charge on any atom is -0.376 e.